The van der Waals surface area contributed by atoms with E-state index >= 15 is 0 Å². The van der Waals surface area contributed by atoms with Crippen molar-refractivity contribution in [3.63, 3.8) is 0 Å². The van der Waals surface area contributed by atoms with Gasteiger partial charge in [0.05, 0.1) is 0 Å². The van der Waals surface area contributed by atoms with Crippen molar-refractivity contribution in [2.24, 2.45) is 5.73 Å². The summed E-state index contributed by atoms with van der Waals surface area (Å²) in [5.74, 6) is 0. The van der Waals surface area contributed by atoms with E-state index in [4.69, 9.17) is 5.73 Å². The molecule has 1 saturated carbocycles. The number of hydrogen-bond acceptors (Lipinski definition) is 3. The van der Waals surface area contributed by atoms with Crippen LogP contribution in [0.3, 0.4) is 0 Å². The summed E-state index contributed by atoms with van der Waals surface area (Å²) in [5, 5.41) is 2.18. The first-order valence-corrected chi connectivity index (χ1v) is 7.24. The van der Waals surface area contributed by atoms with Crippen molar-refractivity contribution in [2.75, 3.05) is 13.1 Å². The number of nitrogens with two attached hydrogens (primary N) is 1. The molecule has 0 bridgehead atoms. The molecule has 0 amide bonds. The minimum absolute atomic E-state index is 0.842. The summed E-state index contributed by atoms with van der Waals surface area (Å²) >= 11 is 1.88. The minimum Gasteiger partial charge on any atom is -0.330 e. The monoisotopic (exact) mass is 238 g/mol. The van der Waals surface area contributed by atoms with E-state index < -0.39 is 0 Å². The van der Waals surface area contributed by atoms with Crippen LogP contribution in [0, 0.1) is 0 Å². The first-order chi connectivity index (χ1) is 7.90. The lowest BCUT2D eigenvalue weighted by Crippen LogP contribution is -2.26. The highest BCUT2D eigenvalue weighted by Crippen LogP contribution is 2.29. The van der Waals surface area contributed by atoms with Crippen LogP contribution in [0.15, 0.2) is 17.5 Å². The van der Waals surface area contributed by atoms with Crippen LogP contribution in [0.25, 0.3) is 0 Å². The largest absolute Gasteiger partial charge is 0.330 e. The summed E-state index contributed by atoms with van der Waals surface area (Å²) in [4.78, 5) is 4.16. The molecule has 16 heavy (non-hydrogen) atoms. The molecule has 0 atom stereocenters. The lowest BCUT2D eigenvalue weighted by atomic mass is 10.2. The maximum atomic E-state index is 5.52. The number of unbranched alkanes of at least 4 members (excludes halogenated alkanes) is 2. The third kappa shape index (κ3) is 3.89. The average molecular weight is 238 g/mol. The van der Waals surface area contributed by atoms with Crippen molar-refractivity contribution in [3.8, 4) is 0 Å². The Labute approximate surface area is 102 Å². The summed E-state index contributed by atoms with van der Waals surface area (Å²) in [6.45, 7) is 3.25. The molecule has 0 unspecified atom stereocenters. The molecule has 0 radical (unpaired) electrons. The van der Waals surface area contributed by atoms with E-state index in [-0.39, 0.29) is 0 Å². The topological polar surface area (TPSA) is 29.3 Å². The first-order valence-electron chi connectivity index (χ1n) is 6.36. The van der Waals surface area contributed by atoms with E-state index in [1.807, 2.05) is 11.3 Å². The van der Waals surface area contributed by atoms with Gasteiger partial charge >= 0.3 is 0 Å². The minimum atomic E-state index is 0.842. The third-order valence-corrected chi connectivity index (χ3v) is 4.01. The fourth-order valence-electron chi connectivity index (χ4n) is 2.07. The van der Waals surface area contributed by atoms with Gasteiger partial charge in [-0.05, 0) is 50.2 Å². The van der Waals surface area contributed by atoms with E-state index in [0.29, 0.717) is 0 Å². The molecule has 2 rings (SSSR count). The maximum Gasteiger partial charge on any atom is 0.0330 e. The predicted molar refractivity (Wildman–Crippen MR) is 70.7 cm³/mol. The fraction of sp³-hybridized carbons (Fsp3) is 0.692. The smallest absolute Gasteiger partial charge is 0.0330 e. The van der Waals surface area contributed by atoms with E-state index in [0.717, 1.165) is 19.1 Å². The molecule has 90 valence electrons. The zero-order chi connectivity index (χ0) is 11.2. The SMILES string of the molecule is NCCCCCN(Cc1cccs1)C1CC1. The second-order valence-corrected chi connectivity index (χ2v) is 5.66. The lowest BCUT2D eigenvalue weighted by Gasteiger charge is -2.21. The molecule has 1 aliphatic carbocycles. The number of nitrogens with zero attached hydrogens (tertiary/aromatic N) is 1. The molecule has 0 spiro atoms. The maximum absolute atomic E-state index is 5.52. The average Bonchev–Trinajstić information content (AvgIpc) is 3.02. The van der Waals surface area contributed by atoms with Crippen molar-refractivity contribution in [3.05, 3.63) is 22.4 Å². The number of hydrogen-bond donors (Lipinski definition) is 1. The van der Waals surface area contributed by atoms with Crippen molar-refractivity contribution >= 4 is 11.3 Å². The molecule has 0 aromatic carbocycles. The molecule has 2 nitrogen and oxygen atoms in total. The summed E-state index contributed by atoms with van der Waals surface area (Å²) in [7, 11) is 0. The Bertz CT molecular complexity index is 280. The summed E-state index contributed by atoms with van der Waals surface area (Å²) in [6, 6.07) is 5.28. The van der Waals surface area contributed by atoms with Crippen LogP contribution < -0.4 is 5.73 Å². The van der Waals surface area contributed by atoms with Gasteiger partial charge in [-0.2, -0.15) is 0 Å². The standard InChI is InChI=1S/C13H22N2S/c14-8-2-1-3-9-15(12-6-7-12)11-13-5-4-10-16-13/h4-5,10,12H,1-3,6-9,11,14H2. The van der Waals surface area contributed by atoms with Crippen molar-refractivity contribution in [1.82, 2.24) is 4.90 Å². The lowest BCUT2D eigenvalue weighted by molar-refractivity contribution is 0.251. The second-order valence-electron chi connectivity index (χ2n) is 4.63. The Hall–Kier alpha value is -0.380. The normalized spacial score (nSPS) is 15.9. The Kier molecular flexibility index (Phi) is 4.82. The molecule has 1 aromatic heterocycles. The van der Waals surface area contributed by atoms with Crippen LogP contribution in [-0.4, -0.2) is 24.0 Å². The van der Waals surface area contributed by atoms with Gasteiger partial charge in [0.1, 0.15) is 0 Å². The summed E-state index contributed by atoms with van der Waals surface area (Å²) in [6.07, 6.45) is 6.57. The van der Waals surface area contributed by atoms with Crippen molar-refractivity contribution < 1.29 is 0 Å². The highest BCUT2D eigenvalue weighted by molar-refractivity contribution is 7.09. The highest BCUT2D eigenvalue weighted by Gasteiger charge is 2.28. The van der Waals surface area contributed by atoms with Crippen molar-refractivity contribution in [2.45, 2.75) is 44.7 Å². The van der Waals surface area contributed by atoms with Crippen LogP contribution in [0.4, 0.5) is 0 Å². The molecule has 1 aliphatic rings. The van der Waals surface area contributed by atoms with Gasteiger partial charge in [0.25, 0.3) is 0 Å². The van der Waals surface area contributed by atoms with Gasteiger partial charge in [-0.25, -0.2) is 0 Å². The molecule has 1 heterocycles. The highest BCUT2D eigenvalue weighted by atomic mass is 32.1. The number of thiophene rings is 1. The fourth-order valence-corrected chi connectivity index (χ4v) is 2.80. The zero-order valence-electron chi connectivity index (χ0n) is 9.90. The number of rotatable bonds is 8. The second kappa shape index (κ2) is 6.38. The molecule has 0 saturated heterocycles. The zero-order valence-corrected chi connectivity index (χ0v) is 10.7. The van der Waals surface area contributed by atoms with Gasteiger partial charge in [-0.1, -0.05) is 12.5 Å². The third-order valence-electron chi connectivity index (χ3n) is 3.15. The molecular weight excluding hydrogens is 216 g/mol. The van der Waals surface area contributed by atoms with Crippen LogP contribution in [-0.2, 0) is 6.54 Å². The van der Waals surface area contributed by atoms with E-state index in [2.05, 4.69) is 22.4 Å². The van der Waals surface area contributed by atoms with E-state index in [1.165, 1.54) is 43.5 Å². The van der Waals surface area contributed by atoms with Gasteiger partial charge in [-0.3, -0.25) is 4.90 Å². The predicted octanol–water partition coefficient (Wildman–Crippen LogP) is 2.84. The van der Waals surface area contributed by atoms with Crippen LogP contribution >= 0.6 is 11.3 Å². The molecule has 3 heteroatoms. The Balaban J connectivity index is 1.72. The first kappa shape index (κ1) is 12.1. The Morgan fingerprint density at radius 1 is 1.31 bits per heavy atom. The Morgan fingerprint density at radius 2 is 2.19 bits per heavy atom. The van der Waals surface area contributed by atoms with Crippen LogP contribution in [0.1, 0.15) is 37.0 Å². The van der Waals surface area contributed by atoms with Gasteiger partial charge < -0.3 is 5.73 Å². The Morgan fingerprint density at radius 3 is 2.81 bits per heavy atom. The molecule has 1 fully saturated rings. The molecule has 1 aromatic rings. The molecular formula is C13H22N2S. The van der Waals surface area contributed by atoms with Gasteiger partial charge in [0, 0.05) is 17.5 Å². The van der Waals surface area contributed by atoms with Gasteiger partial charge in [0.15, 0.2) is 0 Å². The molecule has 2 N–H and O–H groups in total. The van der Waals surface area contributed by atoms with Gasteiger partial charge in [-0.15, -0.1) is 11.3 Å². The van der Waals surface area contributed by atoms with E-state index in [1.54, 1.807) is 0 Å². The summed E-state index contributed by atoms with van der Waals surface area (Å²) < 4.78 is 0. The van der Waals surface area contributed by atoms with Crippen LogP contribution in [0.2, 0.25) is 0 Å². The van der Waals surface area contributed by atoms with Gasteiger partial charge in [0.2, 0.25) is 0 Å². The van der Waals surface area contributed by atoms with E-state index in [9.17, 15) is 0 Å². The van der Waals surface area contributed by atoms with Crippen molar-refractivity contribution in [1.29, 1.82) is 0 Å². The van der Waals surface area contributed by atoms with Crippen LogP contribution in [0.5, 0.6) is 0 Å². The summed E-state index contributed by atoms with van der Waals surface area (Å²) in [5.41, 5.74) is 5.52. The molecule has 0 aliphatic heterocycles. The quantitative estimate of drug-likeness (QED) is 0.706.